The Hall–Kier alpha value is -0.240. The van der Waals surface area contributed by atoms with E-state index in [-0.39, 0.29) is 29.6 Å². The van der Waals surface area contributed by atoms with Crippen molar-refractivity contribution in [3.8, 4) is 0 Å². The van der Waals surface area contributed by atoms with Crippen LogP contribution in [0.25, 0.3) is 0 Å². The highest BCUT2D eigenvalue weighted by Crippen LogP contribution is 2.15. The summed E-state index contributed by atoms with van der Waals surface area (Å²) in [6.45, 7) is 22.2. The Morgan fingerprint density at radius 2 is 0.880 bits per heavy atom. The molecule has 2 atom stereocenters. The minimum atomic E-state index is -0.674. The topological polar surface area (TPSA) is 71.0 Å². The molecule has 0 saturated carbocycles. The molecule has 6 heteroatoms. The van der Waals surface area contributed by atoms with Crippen molar-refractivity contribution in [2.24, 2.45) is 5.41 Å². The Labute approximate surface area is 156 Å². The average molecular weight is 361 g/mol. The summed E-state index contributed by atoms with van der Waals surface area (Å²) in [5.41, 5.74) is -0.110. The van der Waals surface area contributed by atoms with Gasteiger partial charge >= 0.3 is 0 Å². The van der Waals surface area contributed by atoms with Crippen LogP contribution in [0.15, 0.2) is 0 Å². The summed E-state index contributed by atoms with van der Waals surface area (Å²) in [4.78, 5) is 4.08. The fourth-order valence-electron chi connectivity index (χ4n) is 3.33. The van der Waals surface area contributed by atoms with Crippen LogP contribution in [0.5, 0.6) is 0 Å². The summed E-state index contributed by atoms with van der Waals surface area (Å²) >= 11 is 0. The molecule has 0 fully saturated rings. The van der Waals surface area contributed by atoms with Gasteiger partial charge in [0.05, 0.1) is 0 Å². The molecule has 0 heterocycles. The van der Waals surface area contributed by atoms with Crippen LogP contribution in [-0.2, 0) is 0 Å². The monoisotopic (exact) mass is 360 g/mol. The molecule has 4 N–H and O–H groups in total. The molecule has 0 aromatic carbocycles. The molecule has 0 radical (unpaired) electrons. The third-order valence-electron chi connectivity index (χ3n) is 4.48. The number of aliphatic hydroxyl groups is 2. The maximum Gasteiger partial charge on any atom is 0.163 e. The molecular formula is C19H44N4O2. The Kier molecular flexibility index (Phi) is 10.7. The molecule has 0 aliphatic carbocycles. The van der Waals surface area contributed by atoms with Crippen molar-refractivity contribution in [2.45, 2.75) is 106 Å². The zero-order valence-corrected chi connectivity index (χ0v) is 18.2. The summed E-state index contributed by atoms with van der Waals surface area (Å²) in [5, 5.41) is 27.4. The largest absolute Gasteiger partial charge is 0.365 e. The third-order valence-corrected chi connectivity index (χ3v) is 4.48. The van der Waals surface area contributed by atoms with Gasteiger partial charge in [-0.15, -0.1) is 0 Å². The van der Waals surface area contributed by atoms with E-state index in [1.54, 1.807) is 0 Å². The summed E-state index contributed by atoms with van der Waals surface area (Å²) in [7, 11) is 0. The molecule has 0 aliphatic rings. The quantitative estimate of drug-likeness (QED) is 0.399. The lowest BCUT2D eigenvalue weighted by molar-refractivity contribution is -0.0710. The first-order valence-electron chi connectivity index (χ1n) is 9.68. The number of aliphatic hydroxyl groups excluding tert-OH is 2. The zero-order chi connectivity index (χ0) is 19.9. The maximum absolute atomic E-state index is 10.5. The van der Waals surface area contributed by atoms with E-state index in [9.17, 15) is 10.2 Å². The van der Waals surface area contributed by atoms with Gasteiger partial charge in [0, 0.05) is 37.3 Å². The summed E-state index contributed by atoms with van der Waals surface area (Å²) in [6.07, 6.45) is -1.35. The van der Waals surface area contributed by atoms with E-state index in [2.05, 4.69) is 79.9 Å². The van der Waals surface area contributed by atoms with Crippen molar-refractivity contribution >= 4 is 0 Å². The van der Waals surface area contributed by atoms with Crippen molar-refractivity contribution in [2.75, 3.05) is 13.1 Å². The van der Waals surface area contributed by atoms with Gasteiger partial charge in [0.15, 0.2) is 12.7 Å². The second-order valence-electron chi connectivity index (χ2n) is 8.94. The maximum atomic E-state index is 10.5. The molecule has 0 saturated heterocycles. The van der Waals surface area contributed by atoms with Gasteiger partial charge in [-0.3, -0.25) is 20.4 Å². The summed E-state index contributed by atoms with van der Waals surface area (Å²) < 4.78 is 0. The standard InChI is InChI=1S/C19H44N4O2/c1-13(2)22(14(3)4)17(24)20-11-19(9,10)12-21-18(25)23(15(5)6)16(7)8/h13-18,20-21,24-25H,11-12H2,1-10H3. The average Bonchev–Trinajstić information content (AvgIpc) is 2.41. The van der Waals surface area contributed by atoms with Gasteiger partial charge in [-0.25, -0.2) is 0 Å². The molecule has 152 valence electrons. The van der Waals surface area contributed by atoms with Gasteiger partial charge in [-0.05, 0) is 60.8 Å². The predicted octanol–water partition coefficient (Wildman–Crippen LogP) is 1.98. The minimum absolute atomic E-state index is 0.110. The Balaban J connectivity index is 4.59. The van der Waals surface area contributed by atoms with Crippen LogP contribution in [0.2, 0.25) is 0 Å². The predicted molar refractivity (Wildman–Crippen MR) is 106 cm³/mol. The number of hydrogen-bond donors (Lipinski definition) is 4. The van der Waals surface area contributed by atoms with Crippen molar-refractivity contribution < 1.29 is 10.2 Å². The highest BCUT2D eigenvalue weighted by molar-refractivity contribution is 4.79. The molecule has 0 bridgehead atoms. The van der Waals surface area contributed by atoms with E-state index >= 15 is 0 Å². The minimum Gasteiger partial charge on any atom is -0.365 e. The van der Waals surface area contributed by atoms with E-state index in [0.717, 1.165) is 0 Å². The Bertz CT molecular complexity index is 311. The SMILES string of the molecule is CC(C)N(C(C)C)C(O)NCC(C)(C)CNC(O)N(C(C)C)C(C)C. The van der Waals surface area contributed by atoms with Gasteiger partial charge in [0.2, 0.25) is 0 Å². The van der Waals surface area contributed by atoms with Crippen molar-refractivity contribution in [3.63, 3.8) is 0 Å². The smallest absolute Gasteiger partial charge is 0.163 e. The van der Waals surface area contributed by atoms with Crippen LogP contribution in [0, 0.1) is 5.41 Å². The Morgan fingerprint density at radius 3 is 1.08 bits per heavy atom. The van der Waals surface area contributed by atoms with Crippen molar-refractivity contribution in [1.82, 2.24) is 20.4 Å². The van der Waals surface area contributed by atoms with Gasteiger partial charge in [-0.2, -0.15) is 0 Å². The van der Waals surface area contributed by atoms with Crippen molar-refractivity contribution in [3.05, 3.63) is 0 Å². The number of nitrogens with zero attached hydrogens (tertiary/aromatic N) is 2. The summed E-state index contributed by atoms with van der Waals surface area (Å²) in [6, 6.07) is 1.04. The molecule has 6 nitrogen and oxygen atoms in total. The molecule has 25 heavy (non-hydrogen) atoms. The molecule has 2 unspecified atom stereocenters. The number of nitrogens with one attached hydrogen (secondary N) is 2. The first-order chi connectivity index (χ1) is 11.3. The summed E-state index contributed by atoms with van der Waals surface area (Å²) in [5.74, 6) is 0. The molecule has 0 aromatic heterocycles. The van der Waals surface area contributed by atoms with E-state index in [1.807, 2.05) is 9.80 Å². The van der Waals surface area contributed by atoms with Crippen LogP contribution < -0.4 is 10.6 Å². The zero-order valence-electron chi connectivity index (χ0n) is 18.2. The van der Waals surface area contributed by atoms with Gasteiger partial charge in [0.25, 0.3) is 0 Å². The van der Waals surface area contributed by atoms with E-state index in [4.69, 9.17) is 0 Å². The highest BCUT2D eigenvalue weighted by atomic mass is 16.3. The number of rotatable bonds is 12. The molecule has 0 rings (SSSR count). The highest BCUT2D eigenvalue weighted by Gasteiger charge is 2.27. The van der Waals surface area contributed by atoms with Crippen LogP contribution in [0.4, 0.5) is 0 Å². The Morgan fingerprint density at radius 1 is 0.640 bits per heavy atom. The lowest BCUT2D eigenvalue weighted by Crippen LogP contribution is -2.56. The van der Waals surface area contributed by atoms with Crippen LogP contribution in [0.3, 0.4) is 0 Å². The lowest BCUT2D eigenvalue weighted by Gasteiger charge is -2.39. The first-order valence-corrected chi connectivity index (χ1v) is 9.68. The fourth-order valence-corrected chi connectivity index (χ4v) is 3.33. The molecule has 0 spiro atoms. The van der Waals surface area contributed by atoms with Gasteiger partial charge in [0.1, 0.15) is 0 Å². The van der Waals surface area contributed by atoms with Gasteiger partial charge in [-0.1, -0.05) is 13.8 Å². The van der Waals surface area contributed by atoms with Gasteiger partial charge < -0.3 is 10.2 Å². The van der Waals surface area contributed by atoms with Crippen molar-refractivity contribution in [1.29, 1.82) is 0 Å². The molecule has 0 aromatic rings. The van der Waals surface area contributed by atoms with Crippen LogP contribution in [-0.4, -0.2) is 70.0 Å². The lowest BCUT2D eigenvalue weighted by atomic mass is 9.93. The van der Waals surface area contributed by atoms with Crippen LogP contribution >= 0.6 is 0 Å². The van der Waals surface area contributed by atoms with Crippen LogP contribution in [0.1, 0.15) is 69.2 Å². The fraction of sp³-hybridized carbons (Fsp3) is 1.00. The molecular weight excluding hydrogens is 316 g/mol. The molecule has 0 aliphatic heterocycles. The van der Waals surface area contributed by atoms with E-state index in [1.165, 1.54) is 0 Å². The van der Waals surface area contributed by atoms with E-state index in [0.29, 0.717) is 13.1 Å². The number of hydrogen-bond acceptors (Lipinski definition) is 6. The first kappa shape index (κ1) is 24.8. The second-order valence-corrected chi connectivity index (χ2v) is 8.94. The third kappa shape index (κ3) is 8.80. The normalized spacial score (nSPS) is 16.1. The second kappa shape index (κ2) is 10.8. The van der Waals surface area contributed by atoms with E-state index < -0.39 is 12.7 Å². The molecule has 0 amide bonds.